The average Bonchev–Trinajstić information content (AvgIpc) is 2.84. The Labute approximate surface area is 122 Å². The minimum absolute atomic E-state index is 0.00319. The molecule has 0 bridgehead atoms. The molecule has 19 heavy (non-hydrogen) atoms. The summed E-state index contributed by atoms with van der Waals surface area (Å²) in [5.74, 6) is 0.595. The molecule has 2 N–H and O–H groups in total. The number of nitrogens with two attached hydrogens (primary N) is 1. The maximum atomic E-state index is 12.1. The van der Waals surface area contributed by atoms with E-state index in [9.17, 15) is 9.59 Å². The molecule has 0 unspecified atom stereocenters. The van der Waals surface area contributed by atoms with Gasteiger partial charge in [-0.2, -0.15) is 0 Å². The van der Waals surface area contributed by atoms with Gasteiger partial charge in [-0.05, 0) is 17.4 Å². The largest absolute Gasteiger partial charge is 0.370 e. The number of thiophene rings is 1. The Bertz CT molecular complexity index is 405. The lowest BCUT2D eigenvalue weighted by atomic mass is 10.2. The Hall–Kier alpha value is -1.01. The molecule has 0 atom stereocenters. The molecule has 0 saturated heterocycles. The highest BCUT2D eigenvalue weighted by molar-refractivity contribution is 8.01. The van der Waals surface area contributed by atoms with Gasteiger partial charge in [0.1, 0.15) is 0 Å². The molecule has 1 aromatic rings. The first-order valence-electron chi connectivity index (χ1n) is 6.21. The molecule has 0 aliphatic heterocycles. The number of rotatable bonds is 8. The molecule has 0 aromatic carbocycles. The van der Waals surface area contributed by atoms with E-state index in [1.54, 1.807) is 28.0 Å². The normalized spacial score (nSPS) is 10.7. The van der Waals surface area contributed by atoms with E-state index < -0.39 is 5.91 Å². The molecule has 6 heteroatoms. The topological polar surface area (TPSA) is 63.4 Å². The van der Waals surface area contributed by atoms with Crippen LogP contribution in [0.15, 0.2) is 21.7 Å². The fourth-order valence-corrected chi connectivity index (χ4v) is 3.30. The Morgan fingerprint density at radius 1 is 1.42 bits per heavy atom. The fraction of sp³-hybridized carbons (Fsp3) is 0.538. The first-order valence-corrected chi connectivity index (χ1v) is 8.08. The van der Waals surface area contributed by atoms with Crippen molar-refractivity contribution in [2.24, 2.45) is 11.7 Å². The number of nitrogens with zero attached hydrogens (tertiary/aromatic N) is 1. The van der Waals surface area contributed by atoms with E-state index in [-0.39, 0.29) is 18.7 Å². The second-order valence-electron chi connectivity index (χ2n) is 4.68. The third-order valence-corrected chi connectivity index (χ3v) is 4.55. The summed E-state index contributed by atoms with van der Waals surface area (Å²) in [4.78, 5) is 24.6. The summed E-state index contributed by atoms with van der Waals surface area (Å²) in [6, 6.07) is 4.03. The van der Waals surface area contributed by atoms with Crippen LogP contribution in [0.2, 0.25) is 0 Å². The Kier molecular flexibility index (Phi) is 6.94. The highest BCUT2D eigenvalue weighted by Crippen LogP contribution is 2.24. The number of primary amides is 1. The Morgan fingerprint density at radius 3 is 2.68 bits per heavy atom. The van der Waals surface area contributed by atoms with Crippen LogP contribution in [0.25, 0.3) is 0 Å². The van der Waals surface area contributed by atoms with Crippen molar-refractivity contribution in [3.05, 3.63) is 17.5 Å². The van der Waals surface area contributed by atoms with Crippen molar-refractivity contribution >= 4 is 34.9 Å². The lowest BCUT2D eigenvalue weighted by Crippen LogP contribution is -2.34. The minimum atomic E-state index is -0.427. The molecule has 0 radical (unpaired) electrons. The van der Waals surface area contributed by atoms with E-state index in [2.05, 4.69) is 13.8 Å². The van der Waals surface area contributed by atoms with Crippen LogP contribution in [-0.2, 0) is 9.59 Å². The second kappa shape index (κ2) is 8.22. The van der Waals surface area contributed by atoms with E-state index >= 15 is 0 Å². The van der Waals surface area contributed by atoms with Crippen LogP contribution in [0.3, 0.4) is 0 Å². The van der Waals surface area contributed by atoms with Crippen molar-refractivity contribution in [3.8, 4) is 0 Å². The number of thioether (sulfide) groups is 1. The van der Waals surface area contributed by atoms with Gasteiger partial charge in [0.2, 0.25) is 11.8 Å². The zero-order valence-corrected chi connectivity index (χ0v) is 12.9. The summed E-state index contributed by atoms with van der Waals surface area (Å²) in [5, 5.41) is 2.02. The zero-order valence-electron chi connectivity index (χ0n) is 11.3. The van der Waals surface area contributed by atoms with Crippen molar-refractivity contribution in [1.82, 2.24) is 4.90 Å². The summed E-state index contributed by atoms with van der Waals surface area (Å²) in [6.45, 7) is 4.85. The Balaban J connectivity index is 2.50. The summed E-state index contributed by atoms with van der Waals surface area (Å²) in [7, 11) is 0. The fourth-order valence-electron chi connectivity index (χ4n) is 1.54. The van der Waals surface area contributed by atoms with Crippen LogP contribution < -0.4 is 5.73 Å². The van der Waals surface area contributed by atoms with Crippen LogP contribution in [-0.4, -0.2) is 29.1 Å². The number of amides is 2. The highest BCUT2D eigenvalue weighted by Gasteiger charge is 2.16. The van der Waals surface area contributed by atoms with E-state index in [0.717, 1.165) is 0 Å². The molecule has 4 nitrogen and oxygen atoms in total. The molecule has 0 fully saturated rings. The van der Waals surface area contributed by atoms with Crippen molar-refractivity contribution in [1.29, 1.82) is 0 Å². The first kappa shape index (κ1) is 16.0. The van der Waals surface area contributed by atoms with Gasteiger partial charge in [0.15, 0.2) is 0 Å². The van der Waals surface area contributed by atoms with Crippen LogP contribution in [0, 0.1) is 5.92 Å². The average molecular weight is 300 g/mol. The summed E-state index contributed by atoms with van der Waals surface area (Å²) < 4.78 is 1.19. The van der Waals surface area contributed by atoms with Gasteiger partial charge in [-0.3, -0.25) is 9.59 Å². The standard InChI is InChI=1S/C13H20N2O2S2/c1-10(2)8-15(12(17)6-5-11(14)16)9-19-13-4-3-7-18-13/h3-4,7,10H,5-6,8-9H2,1-2H3,(H2,14,16). The smallest absolute Gasteiger partial charge is 0.223 e. The van der Waals surface area contributed by atoms with Gasteiger partial charge in [0.05, 0.1) is 10.1 Å². The van der Waals surface area contributed by atoms with Gasteiger partial charge in [0, 0.05) is 19.4 Å². The van der Waals surface area contributed by atoms with E-state index in [1.807, 2.05) is 17.5 Å². The lowest BCUT2D eigenvalue weighted by molar-refractivity contribution is -0.132. The predicted octanol–water partition coefficient (Wildman–Crippen LogP) is 2.55. The monoisotopic (exact) mass is 300 g/mol. The van der Waals surface area contributed by atoms with Gasteiger partial charge in [-0.1, -0.05) is 31.7 Å². The van der Waals surface area contributed by atoms with Crippen LogP contribution in [0.4, 0.5) is 0 Å². The summed E-state index contributed by atoms with van der Waals surface area (Å²) >= 11 is 3.31. The second-order valence-corrected chi connectivity index (χ2v) is 6.87. The maximum absolute atomic E-state index is 12.1. The number of hydrogen-bond acceptors (Lipinski definition) is 4. The zero-order chi connectivity index (χ0) is 14.3. The number of hydrogen-bond donors (Lipinski definition) is 1. The van der Waals surface area contributed by atoms with E-state index in [1.165, 1.54) is 4.21 Å². The molecule has 106 valence electrons. The van der Waals surface area contributed by atoms with E-state index in [0.29, 0.717) is 18.3 Å². The summed E-state index contributed by atoms with van der Waals surface area (Å²) in [5.41, 5.74) is 5.08. The number of carbonyl (C=O) groups is 2. The van der Waals surface area contributed by atoms with Crippen molar-refractivity contribution < 1.29 is 9.59 Å². The Morgan fingerprint density at radius 2 is 2.16 bits per heavy atom. The van der Waals surface area contributed by atoms with Crippen molar-refractivity contribution in [3.63, 3.8) is 0 Å². The molecule has 0 spiro atoms. The third kappa shape index (κ3) is 6.63. The molecule has 0 saturated carbocycles. The summed E-state index contributed by atoms with van der Waals surface area (Å²) in [6.07, 6.45) is 0.324. The van der Waals surface area contributed by atoms with Crippen LogP contribution in [0.1, 0.15) is 26.7 Å². The molecule has 0 aliphatic carbocycles. The van der Waals surface area contributed by atoms with Gasteiger partial charge < -0.3 is 10.6 Å². The van der Waals surface area contributed by atoms with Gasteiger partial charge >= 0.3 is 0 Å². The van der Waals surface area contributed by atoms with Gasteiger partial charge in [0.25, 0.3) is 0 Å². The molecule has 1 heterocycles. The SMILES string of the molecule is CC(C)CN(CSc1cccs1)C(=O)CCC(N)=O. The van der Waals surface area contributed by atoms with Crippen LogP contribution >= 0.6 is 23.1 Å². The third-order valence-electron chi connectivity index (χ3n) is 2.38. The van der Waals surface area contributed by atoms with Gasteiger partial charge in [-0.15, -0.1) is 11.3 Å². The molecular formula is C13H20N2O2S2. The maximum Gasteiger partial charge on any atom is 0.223 e. The molecule has 1 rings (SSSR count). The predicted molar refractivity (Wildman–Crippen MR) is 80.0 cm³/mol. The van der Waals surface area contributed by atoms with E-state index in [4.69, 9.17) is 5.73 Å². The quantitative estimate of drug-likeness (QED) is 0.593. The number of carbonyl (C=O) groups excluding carboxylic acids is 2. The first-order chi connectivity index (χ1) is 8.99. The van der Waals surface area contributed by atoms with Crippen molar-refractivity contribution in [2.75, 3.05) is 12.4 Å². The van der Waals surface area contributed by atoms with Crippen molar-refractivity contribution in [2.45, 2.75) is 30.9 Å². The van der Waals surface area contributed by atoms with Gasteiger partial charge in [-0.25, -0.2) is 0 Å². The molecule has 2 amide bonds. The lowest BCUT2D eigenvalue weighted by Gasteiger charge is -2.23. The molecular weight excluding hydrogens is 280 g/mol. The molecule has 1 aromatic heterocycles. The van der Waals surface area contributed by atoms with Crippen LogP contribution in [0.5, 0.6) is 0 Å². The minimum Gasteiger partial charge on any atom is -0.370 e. The molecule has 0 aliphatic rings. The highest BCUT2D eigenvalue weighted by atomic mass is 32.2.